The maximum atomic E-state index is 12.2. The molecule has 0 bridgehead atoms. The Balaban J connectivity index is 2.26. The van der Waals surface area contributed by atoms with Crippen LogP contribution in [0.25, 0.3) is 0 Å². The minimum atomic E-state index is -3.79. The molecule has 2 aromatic rings. The van der Waals surface area contributed by atoms with Crippen molar-refractivity contribution in [2.75, 3.05) is 4.72 Å². The highest BCUT2D eigenvalue weighted by Gasteiger charge is 2.18. The van der Waals surface area contributed by atoms with Crippen LogP contribution in [-0.2, 0) is 28.3 Å². The maximum Gasteiger partial charge on any atom is 0.307 e. The van der Waals surface area contributed by atoms with Gasteiger partial charge in [-0.05, 0) is 24.6 Å². The Bertz CT molecular complexity index is 761. The van der Waals surface area contributed by atoms with E-state index in [1.165, 1.54) is 12.3 Å². The number of aromatic nitrogens is 2. The van der Waals surface area contributed by atoms with Crippen LogP contribution in [0.4, 0.5) is 5.69 Å². The zero-order valence-electron chi connectivity index (χ0n) is 11.6. The van der Waals surface area contributed by atoms with Gasteiger partial charge >= 0.3 is 5.97 Å². The molecule has 0 amide bonds. The average molecular weight is 309 g/mol. The fourth-order valence-corrected chi connectivity index (χ4v) is 2.87. The van der Waals surface area contributed by atoms with Gasteiger partial charge in [-0.3, -0.25) is 9.52 Å². The van der Waals surface area contributed by atoms with Crippen LogP contribution in [0.5, 0.6) is 0 Å². The summed E-state index contributed by atoms with van der Waals surface area (Å²) in [6.45, 7) is 1.70. The highest BCUT2D eigenvalue weighted by Crippen LogP contribution is 2.17. The van der Waals surface area contributed by atoms with E-state index in [0.29, 0.717) is 17.1 Å². The molecular formula is C13H15N3O4S. The number of rotatable bonds is 5. The highest BCUT2D eigenvalue weighted by molar-refractivity contribution is 7.92. The number of benzene rings is 1. The summed E-state index contributed by atoms with van der Waals surface area (Å²) in [6.07, 6.45) is 1.25. The van der Waals surface area contributed by atoms with Crippen molar-refractivity contribution >= 4 is 21.7 Å². The molecule has 1 aromatic carbocycles. The van der Waals surface area contributed by atoms with Crippen molar-refractivity contribution < 1.29 is 18.3 Å². The van der Waals surface area contributed by atoms with Gasteiger partial charge in [-0.15, -0.1) is 0 Å². The molecule has 0 fully saturated rings. The molecule has 2 N–H and O–H groups in total. The Hall–Kier alpha value is -2.35. The molecule has 0 radical (unpaired) electrons. The van der Waals surface area contributed by atoms with Crippen molar-refractivity contribution in [2.45, 2.75) is 18.4 Å². The number of nitrogens with zero attached hydrogens (tertiary/aromatic N) is 2. The van der Waals surface area contributed by atoms with Gasteiger partial charge in [0.05, 0.1) is 6.42 Å². The number of imidazole rings is 1. The zero-order chi connectivity index (χ0) is 15.6. The van der Waals surface area contributed by atoms with Crippen LogP contribution in [0, 0.1) is 6.92 Å². The lowest BCUT2D eigenvalue weighted by atomic mass is 10.1. The molecule has 0 spiro atoms. The smallest absolute Gasteiger partial charge is 0.307 e. The van der Waals surface area contributed by atoms with Gasteiger partial charge in [0, 0.05) is 18.9 Å². The molecule has 0 aliphatic heterocycles. The van der Waals surface area contributed by atoms with Gasteiger partial charge in [0.15, 0.2) is 5.03 Å². The Labute approximate surface area is 122 Å². The fourth-order valence-electron chi connectivity index (χ4n) is 1.78. The third-order valence-corrected chi connectivity index (χ3v) is 4.15. The molecule has 0 unspecified atom stereocenters. The standard InChI is InChI=1S/C13H15N3O4S/c1-9-14-12(8-16(9)2)21(19,20)15-11-5-3-4-10(6-11)7-13(17)18/h3-6,8,15H,7H2,1-2H3,(H,17,18). The number of aryl methyl sites for hydroxylation is 2. The second-order valence-electron chi connectivity index (χ2n) is 4.61. The second kappa shape index (κ2) is 5.57. The van der Waals surface area contributed by atoms with Crippen molar-refractivity contribution in [1.29, 1.82) is 0 Å². The first kappa shape index (κ1) is 15.0. The molecule has 0 saturated carbocycles. The Morgan fingerprint density at radius 1 is 1.43 bits per heavy atom. The first-order chi connectivity index (χ1) is 9.78. The van der Waals surface area contributed by atoms with E-state index in [4.69, 9.17) is 5.11 Å². The van der Waals surface area contributed by atoms with Crippen LogP contribution in [-0.4, -0.2) is 29.0 Å². The largest absolute Gasteiger partial charge is 0.481 e. The molecule has 0 aliphatic rings. The quantitative estimate of drug-likeness (QED) is 0.863. The number of carboxylic acids is 1. The van der Waals surface area contributed by atoms with Crippen molar-refractivity contribution in [1.82, 2.24) is 9.55 Å². The monoisotopic (exact) mass is 309 g/mol. The average Bonchev–Trinajstić information content (AvgIpc) is 2.69. The summed E-state index contributed by atoms with van der Waals surface area (Å²) in [7, 11) is -2.09. The summed E-state index contributed by atoms with van der Waals surface area (Å²) < 4.78 is 28.4. The van der Waals surface area contributed by atoms with Gasteiger partial charge in [-0.1, -0.05) is 12.1 Å². The van der Waals surface area contributed by atoms with E-state index < -0.39 is 16.0 Å². The lowest BCUT2D eigenvalue weighted by Crippen LogP contribution is -2.13. The first-order valence-electron chi connectivity index (χ1n) is 6.11. The van der Waals surface area contributed by atoms with Crippen LogP contribution in [0.3, 0.4) is 0 Å². The summed E-state index contributed by atoms with van der Waals surface area (Å²) in [5.41, 5.74) is 0.817. The van der Waals surface area contributed by atoms with Gasteiger partial charge in [0.25, 0.3) is 10.0 Å². The second-order valence-corrected chi connectivity index (χ2v) is 6.24. The molecular weight excluding hydrogens is 294 g/mol. The van der Waals surface area contributed by atoms with Gasteiger partial charge in [-0.25, -0.2) is 4.98 Å². The number of nitrogens with one attached hydrogen (secondary N) is 1. The normalized spacial score (nSPS) is 11.3. The minimum absolute atomic E-state index is 0.0777. The number of carbonyl (C=O) groups is 1. The summed E-state index contributed by atoms with van der Waals surface area (Å²) in [5.74, 6) is -0.398. The minimum Gasteiger partial charge on any atom is -0.481 e. The maximum absolute atomic E-state index is 12.2. The van der Waals surface area contributed by atoms with Gasteiger partial charge in [0.1, 0.15) is 5.82 Å². The van der Waals surface area contributed by atoms with Gasteiger partial charge < -0.3 is 9.67 Å². The van der Waals surface area contributed by atoms with Crippen LogP contribution in [0.2, 0.25) is 0 Å². The third kappa shape index (κ3) is 3.60. The van der Waals surface area contributed by atoms with Crippen LogP contribution < -0.4 is 4.72 Å². The van der Waals surface area contributed by atoms with E-state index >= 15 is 0 Å². The summed E-state index contributed by atoms with van der Waals surface area (Å²) >= 11 is 0. The Morgan fingerprint density at radius 2 is 2.14 bits per heavy atom. The molecule has 1 heterocycles. The molecule has 2 rings (SSSR count). The van der Waals surface area contributed by atoms with Crippen LogP contribution in [0.15, 0.2) is 35.5 Å². The van der Waals surface area contributed by atoms with Crippen molar-refractivity contribution in [3.8, 4) is 0 Å². The highest BCUT2D eigenvalue weighted by atomic mass is 32.2. The summed E-state index contributed by atoms with van der Waals surface area (Å²) in [6, 6.07) is 6.26. The predicted octanol–water partition coefficient (Wildman–Crippen LogP) is 1.16. The summed E-state index contributed by atoms with van der Waals surface area (Å²) in [5, 5.41) is 8.67. The number of anilines is 1. The number of hydrogen-bond donors (Lipinski definition) is 2. The van der Waals surface area contributed by atoms with E-state index in [-0.39, 0.29) is 11.4 Å². The predicted molar refractivity (Wildman–Crippen MR) is 76.5 cm³/mol. The molecule has 7 nitrogen and oxygen atoms in total. The fraction of sp³-hybridized carbons (Fsp3) is 0.231. The molecule has 112 valence electrons. The molecule has 1 aromatic heterocycles. The van der Waals surface area contributed by atoms with E-state index in [2.05, 4.69) is 9.71 Å². The first-order valence-corrected chi connectivity index (χ1v) is 7.60. The van der Waals surface area contributed by atoms with Gasteiger partial charge in [-0.2, -0.15) is 8.42 Å². The topological polar surface area (TPSA) is 101 Å². The molecule has 8 heteroatoms. The SMILES string of the molecule is Cc1nc(S(=O)(=O)Nc2cccc(CC(=O)O)c2)cn1C. The third-order valence-electron chi connectivity index (χ3n) is 2.90. The zero-order valence-corrected chi connectivity index (χ0v) is 12.4. The number of sulfonamides is 1. The molecule has 0 aliphatic carbocycles. The molecule has 0 saturated heterocycles. The lowest BCUT2D eigenvalue weighted by molar-refractivity contribution is -0.136. The lowest BCUT2D eigenvalue weighted by Gasteiger charge is -2.07. The number of hydrogen-bond acceptors (Lipinski definition) is 4. The Kier molecular flexibility index (Phi) is 3.99. The Morgan fingerprint density at radius 3 is 2.71 bits per heavy atom. The van der Waals surface area contributed by atoms with Crippen LogP contribution >= 0.6 is 0 Å². The van der Waals surface area contributed by atoms with Crippen molar-refractivity contribution in [3.05, 3.63) is 41.9 Å². The number of aliphatic carboxylic acids is 1. The van der Waals surface area contributed by atoms with E-state index in [0.717, 1.165) is 0 Å². The summed E-state index contributed by atoms with van der Waals surface area (Å²) in [4.78, 5) is 14.6. The molecule has 21 heavy (non-hydrogen) atoms. The van der Waals surface area contributed by atoms with Gasteiger partial charge in [0.2, 0.25) is 0 Å². The van der Waals surface area contributed by atoms with Crippen molar-refractivity contribution in [3.63, 3.8) is 0 Å². The van der Waals surface area contributed by atoms with E-state index in [1.807, 2.05) is 0 Å². The van der Waals surface area contributed by atoms with Crippen LogP contribution in [0.1, 0.15) is 11.4 Å². The molecule has 0 atom stereocenters. The van der Waals surface area contributed by atoms with E-state index in [1.54, 1.807) is 36.7 Å². The number of carboxylic acid groups (broad SMARTS) is 1. The van der Waals surface area contributed by atoms with Crippen molar-refractivity contribution in [2.24, 2.45) is 7.05 Å². The van der Waals surface area contributed by atoms with E-state index in [9.17, 15) is 13.2 Å².